The highest BCUT2D eigenvalue weighted by Crippen LogP contribution is 2.17. The van der Waals surface area contributed by atoms with Crippen molar-refractivity contribution in [3.8, 4) is 0 Å². The van der Waals surface area contributed by atoms with Gasteiger partial charge in [-0.1, -0.05) is 6.08 Å². The van der Waals surface area contributed by atoms with Crippen LogP contribution in [0.15, 0.2) is 12.7 Å². The Kier molecular flexibility index (Phi) is 4.26. The Morgan fingerprint density at radius 2 is 2.17 bits per heavy atom. The van der Waals surface area contributed by atoms with E-state index < -0.39 is 5.41 Å². The maximum atomic E-state index is 11.2. The van der Waals surface area contributed by atoms with Gasteiger partial charge < -0.3 is 9.53 Å². The van der Waals surface area contributed by atoms with Gasteiger partial charge in [0.1, 0.15) is 6.29 Å². The average molecular weight is 170 g/mol. The lowest BCUT2D eigenvalue weighted by Crippen LogP contribution is -2.24. The highest BCUT2D eigenvalue weighted by Gasteiger charge is 2.24. The summed E-state index contributed by atoms with van der Waals surface area (Å²) < 4.78 is 4.80. The van der Waals surface area contributed by atoms with Gasteiger partial charge in [-0.2, -0.15) is 0 Å². The van der Waals surface area contributed by atoms with Crippen molar-refractivity contribution < 1.29 is 14.3 Å². The van der Waals surface area contributed by atoms with Crippen LogP contribution in [-0.4, -0.2) is 18.9 Å². The third kappa shape index (κ3) is 3.32. The molecule has 0 atom stereocenters. The minimum absolute atomic E-state index is 0.152. The minimum Gasteiger partial charge on any atom is -0.465 e. The Bertz CT molecular complexity index is 182. The van der Waals surface area contributed by atoms with Crippen molar-refractivity contribution in [2.45, 2.75) is 20.3 Å². The fraction of sp³-hybridized carbons (Fsp3) is 0.556. The van der Waals surface area contributed by atoms with Gasteiger partial charge in [0.25, 0.3) is 0 Å². The van der Waals surface area contributed by atoms with Crippen LogP contribution in [0.1, 0.15) is 20.3 Å². The fourth-order valence-electron chi connectivity index (χ4n) is 0.469. The Morgan fingerprint density at radius 3 is 2.58 bits per heavy atom. The number of rotatable bonds is 5. The zero-order chi connectivity index (χ0) is 9.61. The number of hydrogen-bond donors (Lipinski definition) is 0. The lowest BCUT2D eigenvalue weighted by atomic mass is 9.94. The molecule has 0 bridgehead atoms. The van der Waals surface area contributed by atoms with E-state index in [1.807, 2.05) is 0 Å². The molecule has 0 unspecified atom stereocenters. The lowest BCUT2D eigenvalue weighted by molar-refractivity contribution is -0.151. The van der Waals surface area contributed by atoms with Crippen molar-refractivity contribution in [2.24, 2.45) is 5.41 Å². The van der Waals surface area contributed by atoms with Crippen molar-refractivity contribution >= 4 is 12.3 Å². The van der Waals surface area contributed by atoms with Gasteiger partial charge in [0.15, 0.2) is 0 Å². The van der Waals surface area contributed by atoms with E-state index in [2.05, 4.69) is 6.58 Å². The molecule has 0 saturated heterocycles. The Balaban J connectivity index is 3.87. The van der Waals surface area contributed by atoms with Crippen molar-refractivity contribution in [3.63, 3.8) is 0 Å². The van der Waals surface area contributed by atoms with Crippen molar-refractivity contribution in [1.82, 2.24) is 0 Å². The van der Waals surface area contributed by atoms with Gasteiger partial charge in [0, 0.05) is 6.42 Å². The van der Waals surface area contributed by atoms with Gasteiger partial charge in [-0.15, -0.1) is 6.58 Å². The quantitative estimate of drug-likeness (QED) is 0.270. The van der Waals surface area contributed by atoms with Crippen molar-refractivity contribution in [3.05, 3.63) is 12.7 Å². The van der Waals surface area contributed by atoms with E-state index >= 15 is 0 Å². The second-order valence-corrected chi connectivity index (χ2v) is 3.02. The van der Waals surface area contributed by atoms with E-state index in [-0.39, 0.29) is 19.0 Å². The van der Waals surface area contributed by atoms with E-state index in [0.29, 0.717) is 6.29 Å². The third-order valence-electron chi connectivity index (χ3n) is 1.51. The summed E-state index contributed by atoms with van der Waals surface area (Å²) in [5.74, 6) is -0.348. The molecule has 12 heavy (non-hydrogen) atoms. The minimum atomic E-state index is -0.664. The van der Waals surface area contributed by atoms with Gasteiger partial charge in [-0.05, 0) is 13.8 Å². The Morgan fingerprint density at radius 1 is 1.58 bits per heavy atom. The monoisotopic (exact) mass is 170 g/mol. The van der Waals surface area contributed by atoms with Crippen molar-refractivity contribution in [1.29, 1.82) is 0 Å². The summed E-state index contributed by atoms with van der Waals surface area (Å²) in [4.78, 5) is 21.1. The van der Waals surface area contributed by atoms with Gasteiger partial charge in [-0.3, -0.25) is 4.79 Å². The van der Waals surface area contributed by atoms with Crippen LogP contribution in [0, 0.1) is 5.41 Å². The van der Waals surface area contributed by atoms with Crippen LogP contribution in [0.2, 0.25) is 0 Å². The van der Waals surface area contributed by atoms with E-state index in [1.54, 1.807) is 13.8 Å². The standard InChI is InChI=1S/C9H14O3/c1-4-9(2,3)8(11)12-7-5-6-10/h4,6H,1,5,7H2,2-3H3. The number of carbonyl (C=O) groups excluding carboxylic acids is 2. The molecule has 0 aliphatic carbocycles. The summed E-state index contributed by atoms with van der Waals surface area (Å²) in [6.07, 6.45) is 2.49. The molecule has 0 aliphatic heterocycles. The van der Waals surface area contributed by atoms with Crippen LogP contribution in [-0.2, 0) is 14.3 Å². The molecule has 0 spiro atoms. The summed E-state index contributed by atoms with van der Waals surface area (Å²) in [6.45, 7) is 7.09. The smallest absolute Gasteiger partial charge is 0.315 e. The molecule has 0 aromatic rings. The van der Waals surface area contributed by atoms with E-state index in [1.165, 1.54) is 6.08 Å². The molecular formula is C9H14O3. The SMILES string of the molecule is C=CC(C)(C)C(=O)OCCC=O. The number of ether oxygens (including phenoxy) is 1. The molecule has 0 rings (SSSR count). The van der Waals surface area contributed by atoms with Crippen LogP contribution >= 0.6 is 0 Å². The summed E-state index contributed by atoms with van der Waals surface area (Å²) >= 11 is 0. The summed E-state index contributed by atoms with van der Waals surface area (Å²) in [6, 6.07) is 0. The molecule has 0 N–H and O–H groups in total. The molecule has 68 valence electrons. The average Bonchev–Trinajstić information content (AvgIpc) is 2.05. The topological polar surface area (TPSA) is 43.4 Å². The third-order valence-corrected chi connectivity index (χ3v) is 1.51. The highest BCUT2D eigenvalue weighted by atomic mass is 16.5. The van der Waals surface area contributed by atoms with Gasteiger partial charge in [-0.25, -0.2) is 0 Å². The second-order valence-electron chi connectivity index (χ2n) is 3.02. The van der Waals surface area contributed by atoms with Crippen LogP contribution in [0.4, 0.5) is 0 Å². The summed E-state index contributed by atoms with van der Waals surface area (Å²) in [5, 5.41) is 0. The number of esters is 1. The zero-order valence-electron chi connectivity index (χ0n) is 7.50. The second kappa shape index (κ2) is 4.70. The first-order valence-corrected chi connectivity index (χ1v) is 3.79. The van der Waals surface area contributed by atoms with Gasteiger partial charge in [0.2, 0.25) is 0 Å². The van der Waals surface area contributed by atoms with E-state index in [9.17, 15) is 9.59 Å². The van der Waals surface area contributed by atoms with Crippen LogP contribution < -0.4 is 0 Å². The van der Waals surface area contributed by atoms with Crippen LogP contribution in [0.3, 0.4) is 0 Å². The fourth-order valence-corrected chi connectivity index (χ4v) is 0.469. The summed E-state index contributed by atoms with van der Waals surface area (Å²) in [5.41, 5.74) is -0.664. The normalized spacial score (nSPS) is 10.5. The Labute approximate surface area is 72.4 Å². The number of aldehydes is 1. The lowest BCUT2D eigenvalue weighted by Gasteiger charge is -2.16. The van der Waals surface area contributed by atoms with Gasteiger partial charge >= 0.3 is 5.97 Å². The van der Waals surface area contributed by atoms with E-state index in [0.717, 1.165) is 0 Å². The highest BCUT2D eigenvalue weighted by molar-refractivity contribution is 5.78. The van der Waals surface area contributed by atoms with Crippen LogP contribution in [0.5, 0.6) is 0 Å². The van der Waals surface area contributed by atoms with E-state index in [4.69, 9.17) is 4.74 Å². The molecule has 3 heteroatoms. The van der Waals surface area contributed by atoms with Crippen molar-refractivity contribution in [2.75, 3.05) is 6.61 Å². The maximum Gasteiger partial charge on any atom is 0.315 e. The molecule has 3 nitrogen and oxygen atoms in total. The molecule has 0 aliphatic rings. The molecule has 0 heterocycles. The largest absolute Gasteiger partial charge is 0.465 e. The molecule has 0 aromatic carbocycles. The first-order valence-electron chi connectivity index (χ1n) is 3.79. The predicted molar refractivity (Wildman–Crippen MR) is 45.6 cm³/mol. The first-order chi connectivity index (χ1) is 5.54. The molecule has 0 saturated carbocycles. The number of hydrogen-bond acceptors (Lipinski definition) is 3. The molecular weight excluding hydrogens is 156 g/mol. The Hall–Kier alpha value is -1.12. The molecule has 0 radical (unpaired) electrons. The predicted octanol–water partition coefficient (Wildman–Crippen LogP) is 1.33. The first kappa shape index (κ1) is 10.9. The van der Waals surface area contributed by atoms with Gasteiger partial charge in [0.05, 0.1) is 12.0 Å². The molecule has 0 aromatic heterocycles. The number of carbonyl (C=O) groups is 2. The summed E-state index contributed by atoms with van der Waals surface area (Å²) in [7, 11) is 0. The zero-order valence-corrected chi connectivity index (χ0v) is 7.50. The maximum absolute atomic E-state index is 11.2. The molecule has 0 fully saturated rings. The molecule has 0 amide bonds. The van der Waals surface area contributed by atoms with Crippen LogP contribution in [0.25, 0.3) is 0 Å².